The van der Waals surface area contributed by atoms with E-state index in [4.69, 9.17) is 11.5 Å². The minimum absolute atomic E-state index is 0.121. The average molecular weight is 567 g/mol. The van der Waals surface area contributed by atoms with Gasteiger partial charge in [0.25, 0.3) is 0 Å². The second-order valence-electron chi connectivity index (χ2n) is 12.7. The number of nitrogens with two attached hydrogens (primary N) is 2. The van der Waals surface area contributed by atoms with Gasteiger partial charge in [-0.2, -0.15) is 0 Å². The van der Waals surface area contributed by atoms with Crippen LogP contribution in [0.4, 0.5) is 4.79 Å². The summed E-state index contributed by atoms with van der Waals surface area (Å²) in [4.78, 5) is 75.7. The van der Waals surface area contributed by atoms with Crippen LogP contribution in [0, 0.1) is 17.3 Å². The van der Waals surface area contributed by atoms with Crippen LogP contribution >= 0.6 is 0 Å². The Labute approximate surface area is 238 Å². The van der Waals surface area contributed by atoms with E-state index in [0.717, 1.165) is 0 Å². The van der Waals surface area contributed by atoms with Crippen LogP contribution in [0.2, 0.25) is 0 Å². The normalized spacial score (nSPS) is 17.5. The summed E-state index contributed by atoms with van der Waals surface area (Å²) in [6, 6.07) is -2.27. The Morgan fingerprint density at radius 1 is 0.975 bits per heavy atom. The number of primary amides is 1. The number of nitrogens with zero attached hydrogens (tertiary/aromatic N) is 1. The highest BCUT2D eigenvalue weighted by Gasteiger charge is 2.44. The third-order valence-electron chi connectivity index (χ3n) is 7.03. The zero-order valence-electron chi connectivity index (χ0n) is 25.2. The molecule has 1 aliphatic heterocycles. The highest BCUT2D eigenvalue weighted by atomic mass is 16.2. The topological polar surface area (TPSA) is 194 Å². The van der Waals surface area contributed by atoms with E-state index in [-0.39, 0.29) is 48.8 Å². The van der Waals surface area contributed by atoms with Gasteiger partial charge in [0.1, 0.15) is 6.04 Å². The van der Waals surface area contributed by atoms with Gasteiger partial charge in [-0.3, -0.25) is 28.9 Å². The fourth-order valence-electron chi connectivity index (χ4n) is 4.58. The largest absolute Gasteiger partial charge is 0.352 e. The van der Waals surface area contributed by atoms with Crippen molar-refractivity contribution in [2.24, 2.45) is 28.7 Å². The van der Waals surface area contributed by atoms with Gasteiger partial charge in [0.15, 0.2) is 5.78 Å². The number of urea groups is 1. The van der Waals surface area contributed by atoms with Gasteiger partial charge in [-0.15, -0.1) is 0 Å². The number of rotatable bonds is 16. The molecule has 7 N–H and O–H groups in total. The van der Waals surface area contributed by atoms with Gasteiger partial charge in [0.2, 0.25) is 23.6 Å². The van der Waals surface area contributed by atoms with E-state index in [9.17, 15) is 28.8 Å². The van der Waals surface area contributed by atoms with Gasteiger partial charge in [-0.25, -0.2) is 4.79 Å². The fourth-order valence-corrected chi connectivity index (χ4v) is 4.58. The van der Waals surface area contributed by atoms with Crippen molar-refractivity contribution in [3.05, 3.63) is 0 Å². The molecule has 0 aromatic rings. The summed E-state index contributed by atoms with van der Waals surface area (Å²) in [5, 5.41) is 8.06. The standard InChI is InChI=1S/C28H50N6O6/c1-17(2)22(24(38)32-19(23(37)27(3,4)5)12-11-14-31-26(29)40)33-20(35)13-9-8-10-15-34-21(36)16-18(25(34)39)28(6,7)30/h17-19,22H,8-16,30H2,1-7H3,(H,32,38)(H,33,35)(H3,29,31,40)/t18?,19-,22-/m0/s1. The number of hydrogen-bond donors (Lipinski definition) is 5. The summed E-state index contributed by atoms with van der Waals surface area (Å²) in [6.07, 6.45) is 2.77. The fraction of sp³-hybridized carbons (Fsp3) is 0.786. The number of hydrogen-bond acceptors (Lipinski definition) is 7. The molecule has 1 saturated heterocycles. The molecule has 1 rings (SSSR count). The number of carbonyl (C=O) groups excluding carboxylic acids is 6. The van der Waals surface area contributed by atoms with Crippen LogP contribution in [0.3, 0.4) is 0 Å². The summed E-state index contributed by atoms with van der Waals surface area (Å²) in [6.45, 7) is 13.0. The second-order valence-corrected chi connectivity index (χ2v) is 12.7. The maximum Gasteiger partial charge on any atom is 0.312 e. The smallest absolute Gasteiger partial charge is 0.312 e. The molecule has 1 fully saturated rings. The van der Waals surface area contributed by atoms with Crippen LogP contribution in [0.1, 0.15) is 93.4 Å². The maximum atomic E-state index is 13.1. The van der Waals surface area contributed by atoms with Crippen LogP contribution in [0.15, 0.2) is 0 Å². The van der Waals surface area contributed by atoms with Crippen molar-refractivity contribution in [2.45, 2.75) is 111 Å². The lowest BCUT2D eigenvalue weighted by molar-refractivity contribution is -0.140. The molecule has 6 amide bonds. The predicted molar refractivity (Wildman–Crippen MR) is 152 cm³/mol. The van der Waals surface area contributed by atoms with Gasteiger partial charge in [-0.05, 0) is 45.4 Å². The SMILES string of the molecule is CC(C)[C@H](NC(=O)CCCCCN1C(=O)CC(C(C)(C)N)C1=O)C(=O)N[C@@H](CCCNC(N)=O)C(=O)C(C)(C)C. The highest BCUT2D eigenvalue weighted by molar-refractivity contribution is 6.04. The lowest BCUT2D eigenvalue weighted by Gasteiger charge is -2.28. The lowest BCUT2D eigenvalue weighted by atomic mass is 9.84. The highest BCUT2D eigenvalue weighted by Crippen LogP contribution is 2.28. The van der Waals surface area contributed by atoms with E-state index >= 15 is 0 Å². The van der Waals surface area contributed by atoms with Crippen molar-refractivity contribution >= 4 is 35.4 Å². The van der Waals surface area contributed by atoms with Gasteiger partial charge >= 0.3 is 6.03 Å². The Hall–Kier alpha value is -3.02. The van der Waals surface area contributed by atoms with Crippen LogP contribution in [-0.2, 0) is 24.0 Å². The Morgan fingerprint density at radius 3 is 2.10 bits per heavy atom. The molecule has 3 atom stereocenters. The quantitative estimate of drug-likeness (QED) is 0.137. The maximum absolute atomic E-state index is 13.1. The Kier molecular flexibility index (Phi) is 13.2. The number of Topliss-reactive ketones (excluding diaryl/α,β-unsaturated/α-hetero) is 1. The Balaban J connectivity index is 2.61. The van der Waals surface area contributed by atoms with Crippen LogP contribution in [-0.4, -0.2) is 71.1 Å². The van der Waals surface area contributed by atoms with E-state index in [1.807, 2.05) is 13.8 Å². The molecular weight excluding hydrogens is 516 g/mol. The molecule has 40 heavy (non-hydrogen) atoms. The molecule has 228 valence electrons. The number of carbonyl (C=O) groups is 6. The summed E-state index contributed by atoms with van der Waals surface area (Å²) in [5.41, 5.74) is 9.67. The van der Waals surface area contributed by atoms with Crippen molar-refractivity contribution in [3.63, 3.8) is 0 Å². The number of unbranched alkanes of at least 4 members (excludes halogenated alkanes) is 2. The third-order valence-corrected chi connectivity index (χ3v) is 7.03. The molecule has 1 unspecified atom stereocenters. The van der Waals surface area contributed by atoms with Gasteiger partial charge in [0.05, 0.1) is 12.0 Å². The monoisotopic (exact) mass is 566 g/mol. The van der Waals surface area contributed by atoms with Crippen molar-refractivity contribution in [2.75, 3.05) is 13.1 Å². The van der Waals surface area contributed by atoms with E-state index in [0.29, 0.717) is 38.6 Å². The molecule has 0 aromatic carbocycles. The molecule has 0 saturated carbocycles. The molecule has 0 spiro atoms. The van der Waals surface area contributed by atoms with Crippen LogP contribution < -0.4 is 27.4 Å². The summed E-state index contributed by atoms with van der Waals surface area (Å²) >= 11 is 0. The van der Waals surface area contributed by atoms with Crippen molar-refractivity contribution < 1.29 is 28.8 Å². The zero-order chi connectivity index (χ0) is 30.8. The minimum atomic E-state index is -0.831. The molecule has 0 aromatic heterocycles. The van der Waals surface area contributed by atoms with Gasteiger partial charge in [0, 0.05) is 36.9 Å². The molecule has 12 heteroatoms. The number of likely N-dealkylation sites (tertiary alicyclic amines) is 1. The molecule has 0 bridgehead atoms. The second kappa shape index (κ2) is 15.1. The van der Waals surface area contributed by atoms with Crippen molar-refractivity contribution in [3.8, 4) is 0 Å². The lowest BCUT2D eigenvalue weighted by Crippen LogP contribution is -2.55. The van der Waals surface area contributed by atoms with E-state index in [2.05, 4.69) is 16.0 Å². The van der Waals surface area contributed by atoms with Crippen LogP contribution in [0.25, 0.3) is 0 Å². The predicted octanol–water partition coefficient (Wildman–Crippen LogP) is 1.35. The first-order valence-corrected chi connectivity index (χ1v) is 14.2. The third kappa shape index (κ3) is 11.2. The Morgan fingerprint density at radius 2 is 1.60 bits per heavy atom. The minimum Gasteiger partial charge on any atom is -0.352 e. The average Bonchev–Trinajstić information content (AvgIpc) is 3.11. The Bertz CT molecular complexity index is 937. The number of nitrogens with one attached hydrogen (secondary N) is 3. The molecule has 0 radical (unpaired) electrons. The van der Waals surface area contributed by atoms with E-state index in [1.54, 1.807) is 34.6 Å². The van der Waals surface area contributed by atoms with Crippen LogP contribution in [0.5, 0.6) is 0 Å². The molecular formula is C28H50N6O6. The first-order valence-electron chi connectivity index (χ1n) is 14.2. The first-order chi connectivity index (χ1) is 18.4. The summed E-state index contributed by atoms with van der Waals surface area (Å²) in [7, 11) is 0. The summed E-state index contributed by atoms with van der Waals surface area (Å²) in [5.74, 6) is -2.09. The number of amides is 6. The number of ketones is 1. The van der Waals surface area contributed by atoms with E-state index < -0.39 is 40.9 Å². The van der Waals surface area contributed by atoms with Gasteiger partial charge in [-0.1, -0.05) is 41.0 Å². The van der Waals surface area contributed by atoms with Crippen molar-refractivity contribution in [1.29, 1.82) is 0 Å². The van der Waals surface area contributed by atoms with Gasteiger partial charge < -0.3 is 27.4 Å². The van der Waals surface area contributed by atoms with Crippen molar-refractivity contribution in [1.82, 2.24) is 20.9 Å². The zero-order valence-corrected chi connectivity index (χ0v) is 25.2. The molecule has 0 aliphatic carbocycles. The number of imide groups is 1. The summed E-state index contributed by atoms with van der Waals surface area (Å²) < 4.78 is 0. The molecule has 1 aliphatic rings. The first kappa shape index (κ1) is 35.0. The van der Waals surface area contributed by atoms with E-state index in [1.165, 1.54) is 4.90 Å². The molecule has 1 heterocycles. The molecule has 12 nitrogen and oxygen atoms in total.